The molecule has 1 saturated heterocycles. The number of likely N-dealkylation sites (tertiary alicyclic amines) is 1. The summed E-state index contributed by atoms with van der Waals surface area (Å²) in [7, 11) is 4.29. The minimum Gasteiger partial charge on any atom is -0.338 e. The fourth-order valence-corrected chi connectivity index (χ4v) is 2.23. The van der Waals surface area contributed by atoms with Crippen molar-refractivity contribution in [3.05, 3.63) is 11.7 Å². The van der Waals surface area contributed by atoms with E-state index in [2.05, 4.69) is 34.0 Å². The lowest BCUT2D eigenvalue weighted by atomic mass is 10.0. The Bertz CT molecular complexity index is 343. The average Bonchev–Trinajstić information content (AvgIpc) is 2.77. The Morgan fingerprint density at radius 3 is 2.65 bits per heavy atom. The Morgan fingerprint density at radius 1 is 1.41 bits per heavy atom. The number of rotatable bonds is 4. The zero-order valence-corrected chi connectivity index (χ0v) is 10.6. The highest BCUT2D eigenvalue weighted by atomic mass is 16.5. The van der Waals surface area contributed by atoms with Gasteiger partial charge < -0.3 is 15.2 Å². The molecule has 1 aliphatic rings. The quantitative estimate of drug-likeness (QED) is 0.801. The lowest BCUT2D eigenvalue weighted by Crippen LogP contribution is -2.41. The van der Waals surface area contributed by atoms with Gasteiger partial charge in [-0.25, -0.2) is 0 Å². The van der Waals surface area contributed by atoms with Crippen LogP contribution in [0.5, 0.6) is 0 Å². The van der Waals surface area contributed by atoms with E-state index in [1.807, 2.05) is 0 Å². The molecule has 1 fully saturated rings. The van der Waals surface area contributed by atoms with Crippen molar-refractivity contribution >= 4 is 0 Å². The van der Waals surface area contributed by atoms with E-state index in [0.29, 0.717) is 18.5 Å². The first-order valence-electron chi connectivity index (χ1n) is 6.09. The van der Waals surface area contributed by atoms with Crippen LogP contribution in [0.2, 0.25) is 0 Å². The number of piperidine rings is 1. The molecule has 0 aromatic carbocycles. The van der Waals surface area contributed by atoms with E-state index in [1.54, 1.807) is 0 Å². The molecule has 96 valence electrons. The van der Waals surface area contributed by atoms with Crippen LogP contribution in [0, 0.1) is 0 Å². The van der Waals surface area contributed by atoms with Gasteiger partial charge in [-0.05, 0) is 26.9 Å². The molecule has 0 spiro atoms. The monoisotopic (exact) mass is 239 g/mol. The minimum absolute atomic E-state index is 0.315. The van der Waals surface area contributed by atoms with E-state index in [9.17, 15) is 0 Å². The normalized spacial score (nSPS) is 19.1. The molecule has 0 bridgehead atoms. The van der Waals surface area contributed by atoms with Crippen LogP contribution in [-0.4, -0.2) is 53.2 Å². The van der Waals surface area contributed by atoms with Crippen molar-refractivity contribution in [2.45, 2.75) is 32.0 Å². The van der Waals surface area contributed by atoms with E-state index >= 15 is 0 Å². The van der Waals surface area contributed by atoms with Crippen molar-refractivity contribution in [2.75, 3.05) is 27.2 Å². The molecule has 2 rings (SSSR count). The molecule has 0 atom stereocenters. The minimum atomic E-state index is 0.315. The summed E-state index contributed by atoms with van der Waals surface area (Å²) in [6.45, 7) is 3.27. The molecule has 2 heterocycles. The highest BCUT2D eigenvalue weighted by molar-refractivity contribution is 4.87. The largest absolute Gasteiger partial charge is 0.338 e. The van der Waals surface area contributed by atoms with Crippen molar-refractivity contribution in [2.24, 2.45) is 5.73 Å². The number of nitrogens with two attached hydrogens (primary N) is 1. The van der Waals surface area contributed by atoms with Gasteiger partial charge in [-0.15, -0.1) is 0 Å². The van der Waals surface area contributed by atoms with Crippen LogP contribution in [0.1, 0.15) is 24.6 Å². The molecule has 2 N–H and O–H groups in total. The lowest BCUT2D eigenvalue weighted by molar-refractivity contribution is 0.137. The third-order valence-electron chi connectivity index (χ3n) is 3.34. The van der Waals surface area contributed by atoms with Crippen LogP contribution in [0.3, 0.4) is 0 Å². The smallest absolute Gasteiger partial charge is 0.240 e. The van der Waals surface area contributed by atoms with E-state index in [4.69, 9.17) is 10.3 Å². The van der Waals surface area contributed by atoms with Gasteiger partial charge in [0.25, 0.3) is 0 Å². The third-order valence-corrected chi connectivity index (χ3v) is 3.34. The fourth-order valence-electron chi connectivity index (χ4n) is 2.23. The predicted octanol–water partition coefficient (Wildman–Crippen LogP) is 0.0543. The highest BCUT2D eigenvalue weighted by Crippen LogP contribution is 2.15. The van der Waals surface area contributed by atoms with Gasteiger partial charge in [-0.1, -0.05) is 5.16 Å². The van der Waals surface area contributed by atoms with Crippen molar-refractivity contribution in [1.29, 1.82) is 0 Å². The van der Waals surface area contributed by atoms with Gasteiger partial charge in [0, 0.05) is 19.1 Å². The topological polar surface area (TPSA) is 71.4 Å². The highest BCUT2D eigenvalue weighted by Gasteiger charge is 2.21. The van der Waals surface area contributed by atoms with Crippen LogP contribution >= 0.6 is 0 Å². The van der Waals surface area contributed by atoms with Crippen LogP contribution < -0.4 is 5.73 Å². The maximum Gasteiger partial charge on any atom is 0.240 e. The summed E-state index contributed by atoms with van der Waals surface area (Å²) >= 11 is 0. The molecule has 1 aliphatic heterocycles. The molecule has 0 unspecified atom stereocenters. The van der Waals surface area contributed by atoms with Crippen molar-refractivity contribution in [3.63, 3.8) is 0 Å². The fraction of sp³-hybridized carbons (Fsp3) is 0.818. The molecule has 0 aliphatic carbocycles. The molecular formula is C11H21N5O. The van der Waals surface area contributed by atoms with Crippen LogP contribution in [0.4, 0.5) is 0 Å². The second-order valence-electron chi connectivity index (χ2n) is 4.78. The molecule has 0 saturated carbocycles. The molecule has 6 heteroatoms. The summed E-state index contributed by atoms with van der Waals surface area (Å²) in [5.41, 5.74) is 5.43. The van der Waals surface area contributed by atoms with Gasteiger partial charge in [0.2, 0.25) is 5.89 Å². The standard InChI is InChI=1S/C11H21N5O/c1-15(2)9-3-5-16(6-4-9)8-10-13-11(7-12)17-14-10/h9H,3-8,12H2,1-2H3. The molecule has 1 aromatic rings. The van der Waals surface area contributed by atoms with Gasteiger partial charge in [0.1, 0.15) is 0 Å². The van der Waals surface area contributed by atoms with Crippen LogP contribution in [0.15, 0.2) is 4.52 Å². The number of nitrogens with zero attached hydrogens (tertiary/aromatic N) is 4. The van der Waals surface area contributed by atoms with Gasteiger partial charge in [-0.3, -0.25) is 4.90 Å². The zero-order chi connectivity index (χ0) is 12.3. The first kappa shape index (κ1) is 12.5. The van der Waals surface area contributed by atoms with Crippen molar-refractivity contribution < 1.29 is 4.52 Å². The maximum absolute atomic E-state index is 5.43. The Hall–Kier alpha value is -0.980. The summed E-state index contributed by atoms with van der Waals surface area (Å²) in [6.07, 6.45) is 2.41. The third kappa shape index (κ3) is 3.24. The number of hydrogen-bond acceptors (Lipinski definition) is 6. The maximum atomic E-state index is 5.43. The molecular weight excluding hydrogens is 218 g/mol. The summed E-state index contributed by atoms with van der Waals surface area (Å²) in [6, 6.07) is 0.705. The Labute approximate surface area is 102 Å². The molecule has 6 nitrogen and oxygen atoms in total. The Morgan fingerprint density at radius 2 is 2.12 bits per heavy atom. The summed E-state index contributed by atoms with van der Waals surface area (Å²) < 4.78 is 4.99. The van der Waals surface area contributed by atoms with E-state index in [0.717, 1.165) is 25.5 Å². The molecule has 1 aromatic heterocycles. The van der Waals surface area contributed by atoms with Gasteiger partial charge in [-0.2, -0.15) is 4.98 Å². The van der Waals surface area contributed by atoms with Crippen molar-refractivity contribution in [3.8, 4) is 0 Å². The first-order valence-corrected chi connectivity index (χ1v) is 6.09. The predicted molar refractivity (Wildman–Crippen MR) is 64.2 cm³/mol. The molecule has 17 heavy (non-hydrogen) atoms. The van der Waals surface area contributed by atoms with Gasteiger partial charge >= 0.3 is 0 Å². The van der Waals surface area contributed by atoms with E-state index in [-0.39, 0.29) is 0 Å². The first-order chi connectivity index (χ1) is 8.19. The summed E-state index contributed by atoms with van der Waals surface area (Å²) in [5, 5.41) is 3.92. The second-order valence-corrected chi connectivity index (χ2v) is 4.78. The number of hydrogen-bond donors (Lipinski definition) is 1. The Balaban J connectivity index is 1.81. The zero-order valence-electron chi connectivity index (χ0n) is 10.6. The van der Waals surface area contributed by atoms with Crippen molar-refractivity contribution in [1.82, 2.24) is 19.9 Å². The van der Waals surface area contributed by atoms with Crippen LogP contribution in [-0.2, 0) is 13.1 Å². The average molecular weight is 239 g/mol. The summed E-state index contributed by atoms with van der Waals surface area (Å²) in [4.78, 5) is 8.89. The van der Waals surface area contributed by atoms with E-state index in [1.165, 1.54) is 12.8 Å². The van der Waals surface area contributed by atoms with Crippen LogP contribution in [0.25, 0.3) is 0 Å². The molecule has 0 radical (unpaired) electrons. The van der Waals surface area contributed by atoms with Gasteiger partial charge in [0.15, 0.2) is 5.82 Å². The number of aromatic nitrogens is 2. The van der Waals surface area contributed by atoms with E-state index < -0.39 is 0 Å². The lowest BCUT2D eigenvalue weighted by Gasteiger charge is -2.34. The Kier molecular flexibility index (Phi) is 4.09. The van der Waals surface area contributed by atoms with Gasteiger partial charge in [0.05, 0.1) is 13.1 Å². The second kappa shape index (κ2) is 5.57. The SMILES string of the molecule is CN(C)C1CCN(Cc2noc(CN)n2)CC1. The molecule has 0 amide bonds. The summed E-state index contributed by atoms with van der Waals surface area (Å²) in [5.74, 6) is 1.26.